The Hall–Kier alpha value is -0.530. The molecule has 0 saturated heterocycles. The summed E-state index contributed by atoms with van der Waals surface area (Å²) in [5, 5.41) is 0. The molecule has 2 nitrogen and oxygen atoms in total. The Labute approximate surface area is 75.3 Å². The van der Waals surface area contributed by atoms with E-state index in [1.807, 2.05) is 6.92 Å². The van der Waals surface area contributed by atoms with Crippen molar-refractivity contribution in [1.82, 2.24) is 0 Å². The van der Waals surface area contributed by atoms with Gasteiger partial charge in [-0.3, -0.25) is 4.99 Å². The van der Waals surface area contributed by atoms with E-state index in [1.54, 1.807) is 0 Å². The molecule has 0 bridgehead atoms. The summed E-state index contributed by atoms with van der Waals surface area (Å²) in [7, 11) is 0. The van der Waals surface area contributed by atoms with E-state index < -0.39 is 0 Å². The van der Waals surface area contributed by atoms with Gasteiger partial charge in [-0.2, -0.15) is 0 Å². The lowest BCUT2D eigenvalue weighted by Crippen LogP contribution is -2.14. The van der Waals surface area contributed by atoms with Crippen molar-refractivity contribution in [2.45, 2.75) is 57.9 Å². The third-order valence-corrected chi connectivity index (χ3v) is 2.46. The molecule has 12 heavy (non-hydrogen) atoms. The van der Waals surface area contributed by atoms with Crippen LogP contribution in [0.2, 0.25) is 0 Å². The van der Waals surface area contributed by atoms with Crippen molar-refractivity contribution in [2.75, 3.05) is 0 Å². The Morgan fingerprint density at radius 3 is 2.08 bits per heavy atom. The highest BCUT2D eigenvalue weighted by molar-refractivity contribution is 5.77. The molecular weight excluding hydrogens is 148 g/mol. The van der Waals surface area contributed by atoms with Crippen LogP contribution >= 0.6 is 0 Å². The average molecular weight is 168 g/mol. The van der Waals surface area contributed by atoms with E-state index in [1.165, 1.54) is 44.9 Å². The molecular formula is C10H20N2. The van der Waals surface area contributed by atoms with Crippen LogP contribution in [0, 0.1) is 0 Å². The van der Waals surface area contributed by atoms with E-state index >= 15 is 0 Å². The number of nitrogens with two attached hydrogens (primary N) is 1. The van der Waals surface area contributed by atoms with Gasteiger partial charge in [-0.25, -0.2) is 0 Å². The lowest BCUT2D eigenvalue weighted by atomic mass is 9.97. The molecule has 1 rings (SSSR count). The van der Waals surface area contributed by atoms with Crippen LogP contribution in [0.25, 0.3) is 0 Å². The predicted octanol–water partition coefficient (Wildman–Crippen LogP) is 2.48. The van der Waals surface area contributed by atoms with Gasteiger partial charge in [0.1, 0.15) is 0 Å². The minimum atomic E-state index is 0.523. The van der Waals surface area contributed by atoms with Gasteiger partial charge in [0.15, 0.2) is 0 Å². The Balaban J connectivity index is 2.34. The Morgan fingerprint density at radius 2 is 1.58 bits per heavy atom. The first-order chi connectivity index (χ1) is 5.79. The van der Waals surface area contributed by atoms with Gasteiger partial charge in [0.05, 0.1) is 11.9 Å². The quantitative estimate of drug-likeness (QED) is 0.474. The molecule has 0 amide bonds. The highest BCUT2D eigenvalue weighted by atomic mass is 14.9. The van der Waals surface area contributed by atoms with Crippen LogP contribution in [0.3, 0.4) is 0 Å². The molecule has 2 heteroatoms. The summed E-state index contributed by atoms with van der Waals surface area (Å²) >= 11 is 0. The monoisotopic (exact) mass is 168 g/mol. The number of hydrogen-bond acceptors (Lipinski definition) is 1. The topological polar surface area (TPSA) is 38.4 Å². The zero-order valence-electron chi connectivity index (χ0n) is 8.05. The van der Waals surface area contributed by atoms with Gasteiger partial charge in [0.25, 0.3) is 0 Å². The predicted molar refractivity (Wildman–Crippen MR) is 53.4 cm³/mol. The maximum absolute atomic E-state index is 5.56. The van der Waals surface area contributed by atoms with Crippen molar-refractivity contribution in [3.05, 3.63) is 0 Å². The van der Waals surface area contributed by atoms with Crippen molar-refractivity contribution in [3.8, 4) is 0 Å². The molecule has 0 aromatic carbocycles. The van der Waals surface area contributed by atoms with E-state index in [2.05, 4.69) is 4.99 Å². The molecule has 1 aliphatic rings. The minimum Gasteiger partial charge on any atom is -0.388 e. The molecule has 2 N–H and O–H groups in total. The van der Waals surface area contributed by atoms with Crippen LogP contribution in [0.1, 0.15) is 51.9 Å². The van der Waals surface area contributed by atoms with Gasteiger partial charge in [0.2, 0.25) is 0 Å². The van der Waals surface area contributed by atoms with Crippen LogP contribution in [-0.2, 0) is 0 Å². The van der Waals surface area contributed by atoms with Crippen LogP contribution in [0.4, 0.5) is 0 Å². The summed E-state index contributed by atoms with van der Waals surface area (Å²) in [6, 6.07) is 0.523. The van der Waals surface area contributed by atoms with Crippen molar-refractivity contribution < 1.29 is 0 Å². The maximum Gasteiger partial charge on any atom is 0.0909 e. The Bertz CT molecular complexity index is 140. The largest absolute Gasteiger partial charge is 0.388 e. The van der Waals surface area contributed by atoms with Gasteiger partial charge in [-0.1, -0.05) is 32.1 Å². The zero-order valence-corrected chi connectivity index (χ0v) is 8.05. The molecule has 0 aliphatic heterocycles. The van der Waals surface area contributed by atoms with Crippen LogP contribution in [0.5, 0.6) is 0 Å². The molecule has 0 radical (unpaired) electrons. The van der Waals surface area contributed by atoms with Gasteiger partial charge >= 0.3 is 0 Å². The number of nitrogens with zero attached hydrogens (tertiary/aromatic N) is 1. The third kappa shape index (κ3) is 3.74. The van der Waals surface area contributed by atoms with Crippen molar-refractivity contribution >= 4 is 5.84 Å². The smallest absolute Gasteiger partial charge is 0.0909 e. The average Bonchev–Trinajstić information content (AvgIpc) is 1.93. The van der Waals surface area contributed by atoms with E-state index in [-0.39, 0.29) is 0 Å². The van der Waals surface area contributed by atoms with Gasteiger partial charge in [-0.05, 0) is 19.8 Å². The summed E-state index contributed by atoms with van der Waals surface area (Å²) in [6.07, 6.45) is 9.34. The maximum atomic E-state index is 5.56. The van der Waals surface area contributed by atoms with Crippen LogP contribution in [0.15, 0.2) is 4.99 Å². The second-order valence-electron chi connectivity index (χ2n) is 3.77. The molecule has 0 aromatic heterocycles. The van der Waals surface area contributed by atoms with E-state index in [4.69, 9.17) is 5.73 Å². The molecule has 0 aromatic rings. The fourth-order valence-electron chi connectivity index (χ4n) is 1.85. The summed E-state index contributed by atoms with van der Waals surface area (Å²) in [4.78, 5) is 4.43. The number of hydrogen-bond donors (Lipinski definition) is 1. The number of aliphatic imine (C=N–C) groups is 1. The van der Waals surface area contributed by atoms with Gasteiger partial charge in [0, 0.05) is 0 Å². The summed E-state index contributed by atoms with van der Waals surface area (Å²) in [6.45, 7) is 1.89. The molecule has 70 valence electrons. The Kier molecular flexibility index (Phi) is 4.12. The van der Waals surface area contributed by atoms with E-state index in [0.717, 1.165) is 5.84 Å². The summed E-state index contributed by atoms with van der Waals surface area (Å²) in [5.41, 5.74) is 5.56. The number of amidine groups is 1. The standard InChI is InChI=1S/C10H20N2/c1-9(11)12-10-7-5-3-2-4-6-8-10/h10H,2-8H2,1H3,(H2,11,12). The second kappa shape index (κ2) is 5.18. The fraction of sp³-hybridized carbons (Fsp3) is 0.900. The minimum absolute atomic E-state index is 0.523. The summed E-state index contributed by atoms with van der Waals surface area (Å²) in [5.74, 6) is 0.751. The third-order valence-electron chi connectivity index (χ3n) is 2.46. The Morgan fingerprint density at radius 1 is 1.08 bits per heavy atom. The SMILES string of the molecule is CC(N)=NC1CCCCCCC1. The molecule has 1 aliphatic carbocycles. The lowest BCUT2D eigenvalue weighted by Gasteiger charge is -2.15. The van der Waals surface area contributed by atoms with Crippen molar-refractivity contribution in [1.29, 1.82) is 0 Å². The van der Waals surface area contributed by atoms with E-state index in [9.17, 15) is 0 Å². The van der Waals surface area contributed by atoms with Crippen LogP contribution in [-0.4, -0.2) is 11.9 Å². The molecule has 0 unspecified atom stereocenters. The number of rotatable bonds is 1. The highest BCUT2D eigenvalue weighted by Crippen LogP contribution is 2.19. The molecule has 1 fully saturated rings. The van der Waals surface area contributed by atoms with Crippen molar-refractivity contribution in [3.63, 3.8) is 0 Å². The van der Waals surface area contributed by atoms with Gasteiger partial charge < -0.3 is 5.73 Å². The molecule has 0 heterocycles. The van der Waals surface area contributed by atoms with E-state index in [0.29, 0.717) is 6.04 Å². The first-order valence-corrected chi connectivity index (χ1v) is 5.09. The molecule has 0 atom stereocenters. The summed E-state index contributed by atoms with van der Waals surface area (Å²) < 4.78 is 0. The molecule has 1 saturated carbocycles. The second-order valence-corrected chi connectivity index (χ2v) is 3.77. The highest BCUT2D eigenvalue weighted by Gasteiger charge is 2.09. The van der Waals surface area contributed by atoms with Crippen LogP contribution < -0.4 is 5.73 Å². The lowest BCUT2D eigenvalue weighted by molar-refractivity contribution is 0.455. The molecule has 0 spiro atoms. The first-order valence-electron chi connectivity index (χ1n) is 5.09. The zero-order chi connectivity index (χ0) is 8.81. The first kappa shape index (κ1) is 9.56. The van der Waals surface area contributed by atoms with Crippen molar-refractivity contribution in [2.24, 2.45) is 10.7 Å². The van der Waals surface area contributed by atoms with Gasteiger partial charge in [-0.15, -0.1) is 0 Å². The fourth-order valence-corrected chi connectivity index (χ4v) is 1.85. The normalized spacial score (nSPS) is 23.2.